The molecule has 6 aromatic carbocycles. The number of halogens is 1. The molecule has 0 saturated heterocycles. The Labute approximate surface area is 195 Å². The normalized spacial score (nSPS) is 11.3. The van der Waals surface area contributed by atoms with Crippen LogP contribution in [0.25, 0.3) is 43.4 Å². The number of nitrogens with one attached hydrogen (secondary N) is 1. The van der Waals surface area contributed by atoms with Gasteiger partial charge in [-0.2, -0.15) is 0 Å². The van der Waals surface area contributed by atoms with Crippen LogP contribution in [-0.4, -0.2) is 0 Å². The summed E-state index contributed by atoms with van der Waals surface area (Å²) in [6.07, 6.45) is 0. The minimum Gasteiger partial charge on any atom is -0.356 e. The lowest BCUT2D eigenvalue weighted by Crippen LogP contribution is -1.90. The Morgan fingerprint density at radius 1 is 0.469 bits per heavy atom. The molecule has 0 fully saturated rings. The Balaban J connectivity index is 1.50. The first-order valence-electron chi connectivity index (χ1n) is 10.7. The lowest BCUT2D eigenvalue weighted by Gasteiger charge is -2.14. The summed E-state index contributed by atoms with van der Waals surface area (Å²) in [5.41, 5.74) is 4.63. The predicted molar refractivity (Wildman–Crippen MR) is 142 cm³/mol. The SMILES string of the molecule is Brc1ccc(Nc2ccc(-c3cc4c5ccccc5ccc4c4ccccc34)cc2)cc1. The molecule has 0 amide bonds. The van der Waals surface area contributed by atoms with Crippen molar-refractivity contribution in [3.8, 4) is 11.1 Å². The quantitative estimate of drug-likeness (QED) is 0.252. The highest BCUT2D eigenvalue weighted by Gasteiger charge is 2.10. The van der Waals surface area contributed by atoms with Gasteiger partial charge in [0.05, 0.1) is 0 Å². The van der Waals surface area contributed by atoms with Gasteiger partial charge in [0, 0.05) is 15.8 Å². The molecule has 6 aromatic rings. The molecule has 0 atom stereocenters. The van der Waals surface area contributed by atoms with Crippen molar-refractivity contribution in [3.05, 3.63) is 120 Å². The van der Waals surface area contributed by atoms with Gasteiger partial charge < -0.3 is 5.32 Å². The molecule has 0 aliphatic heterocycles. The highest BCUT2D eigenvalue weighted by Crippen LogP contribution is 2.38. The number of rotatable bonds is 3. The van der Waals surface area contributed by atoms with Crippen molar-refractivity contribution in [3.63, 3.8) is 0 Å². The maximum atomic E-state index is 3.49. The van der Waals surface area contributed by atoms with Crippen LogP contribution < -0.4 is 5.32 Å². The lowest BCUT2D eigenvalue weighted by atomic mass is 9.91. The molecule has 32 heavy (non-hydrogen) atoms. The molecule has 1 N–H and O–H groups in total. The third-order valence-corrected chi connectivity index (χ3v) is 6.62. The summed E-state index contributed by atoms with van der Waals surface area (Å²) in [7, 11) is 0. The summed E-state index contributed by atoms with van der Waals surface area (Å²) in [5, 5.41) is 11.2. The number of anilines is 2. The van der Waals surface area contributed by atoms with Crippen LogP contribution in [0.4, 0.5) is 11.4 Å². The molecular formula is C30H20BrN. The van der Waals surface area contributed by atoms with E-state index in [9.17, 15) is 0 Å². The molecule has 0 spiro atoms. The van der Waals surface area contributed by atoms with E-state index in [1.807, 2.05) is 12.1 Å². The van der Waals surface area contributed by atoms with Crippen LogP contribution in [0, 0.1) is 0 Å². The Morgan fingerprint density at radius 3 is 1.81 bits per heavy atom. The van der Waals surface area contributed by atoms with Crippen molar-refractivity contribution in [1.82, 2.24) is 0 Å². The molecule has 1 nitrogen and oxygen atoms in total. The van der Waals surface area contributed by atoms with Gasteiger partial charge in [0.2, 0.25) is 0 Å². The van der Waals surface area contributed by atoms with E-state index >= 15 is 0 Å². The van der Waals surface area contributed by atoms with Crippen molar-refractivity contribution in [2.75, 3.05) is 5.32 Å². The van der Waals surface area contributed by atoms with Gasteiger partial charge in [-0.15, -0.1) is 0 Å². The number of benzene rings is 6. The van der Waals surface area contributed by atoms with Crippen molar-refractivity contribution in [2.24, 2.45) is 0 Å². The molecule has 152 valence electrons. The predicted octanol–water partition coefficient (Wildman–Crippen LogP) is 9.32. The first-order chi connectivity index (χ1) is 15.8. The third-order valence-electron chi connectivity index (χ3n) is 6.10. The third kappa shape index (κ3) is 3.34. The van der Waals surface area contributed by atoms with Crippen LogP contribution >= 0.6 is 15.9 Å². The molecule has 0 bridgehead atoms. The smallest absolute Gasteiger partial charge is 0.0384 e. The average molecular weight is 474 g/mol. The van der Waals surface area contributed by atoms with Crippen LogP contribution in [0.2, 0.25) is 0 Å². The highest BCUT2D eigenvalue weighted by molar-refractivity contribution is 9.10. The number of hydrogen-bond acceptors (Lipinski definition) is 1. The maximum Gasteiger partial charge on any atom is 0.0384 e. The molecular weight excluding hydrogens is 454 g/mol. The van der Waals surface area contributed by atoms with Gasteiger partial charge in [-0.25, -0.2) is 0 Å². The Morgan fingerprint density at radius 2 is 1.06 bits per heavy atom. The molecule has 0 radical (unpaired) electrons. The minimum absolute atomic E-state index is 1.07. The fraction of sp³-hybridized carbons (Fsp3) is 0. The van der Waals surface area contributed by atoms with E-state index in [1.54, 1.807) is 0 Å². The van der Waals surface area contributed by atoms with Crippen LogP contribution in [-0.2, 0) is 0 Å². The van der Waals surface area contributed by atoms with E-state index in [4.69, 9.17) is 0 Å². The molecule has 0 aliphatic carbocycles. The van der Waals surface area contributed by atoms with Gasteiger partial charge in [-0.05, 0) is 85.9 Å². The Hall–Kier alpha value is -3.62. The van der Waals surface area contributed by atoms with Crippen LogP contribution in [0.5, 0.6) is 0 Å². The zero-order valence-electron chi connectivity index (χ0n) is 17.3. The summed E-state index contributed by atoms with van der Waals surface area (Å²) in [5.74, 6) is 0. The summed E-state index contributed by atoms with van der Waals surface area (Å²) in [6.45, 7) is 0. The van der Waals surface area contributed by atoms with Crippen molar-refractivity contribution >= 4 is 59.6 Å². The van der Waals surface area contributed by atoms with Crippen molar-refractivity contribution in [2.45, 2.75) is 0 Å². The molecule has 0 aromatic heterocycles. The van der Waals surface area contributed by atoms with E-state index in [0.717, 1.165) is 15.8 Å². The minimum atomic E-state index is 1.07. The topological polar surface area (TPSA) is 12.0 Å². The maximum absolute atomic E-state index is 3.49. The van der Waals surface area contributed by atoms with Gasteiger partial charge in [0.15, 0.2) is 0 Å². The zero-order valence-corrected chi connectivity index (χ0v) is 18.9. The van der Waals surface area contributed by atoms with Crippen LogP contribution in [0.15, 0.2) is 120 Å². The van der Waals surface area contributed by atoms with E-state index in [2.05, 4.69) is 124 Å². The summed E-state index contributed by atoms with van der Waals surface area (Å²) in [4.78, 5) is 0. The second-order valence-corrected chi connectivity index (χ2v) is 8.98. The number of fused-ring (bicyclic) bond motifs is 5. The fourth-order valence-electron chi connectivity index (χ4n) is 4.53. The zero-order chi connectivity index (χ0) is 21.5. The molecule has 0 saturated carbocycles. The molecule has 0 unspecified atom stereocenters. The monoisotopic (exact) mass is 473 g/mol. The second kappa shape index (κ2) is 7.81. The lowest BCUT2D eigenvalue weighted by molar-refractivity contribution is 1.53. The van der Waals surface area contributed by atoms with Crippen LogP contribution in [0.3, 0.4) is 0 Å². The Kier molecular flexibility index (Phi) is 4.66. The number of hydrogen-bond donors (Lipinski definition) is 1. The molecule has 0 aliphatic rings. The summed E-state index contributed by atoms with van der Waals surface area (Å²) >= 11 is 3.49. The van der Waals surface area contributed by atoms with Gasteiger partial charge >= 0.3 is 0 Å². The first-order valence-corrected chi connectivity index (χ1v) is 11.5. The van der Waals surface area contributed by atoms with Crippen molar-refractivity contribution in [1.29, 1.82) is 0 Å². The summed E-state index contributed by atoms with van der Waals surface area (Å²) in [6, 6.07) is 41.2. The average Bonchev–Trinajstić information content (AvgIpc) is 2.85. The molecule has 2 heteroatoms. The van der Waals surface area contributed by atoms with E-state index in [1.165, 1.54) is 43.4 Å². The van der Waals surface area contributed by atoms with Gasteiger partial charge in [-0.1, -0.05) is 88.7 Å². The standard InChI is InChI=1S/C30H20BrN/c31-22-12-16-24(17-13-22)32-23-14-9-21(10-15-23)29-19-30-25-6-2-1-5-20(25)11-18-28(30)26-7-3-4-8-27(26)29/h1-19,32H. The van der Waals surface area contributed by atoms with E-state index < -0.39 is 0 Å². The van der Waals surface area contributed by atoms with Gasteiger partial charge in [-0.3, -0.25) is 0 Å². The fourth-order valence-corrected chi connectivity index (χ4v) is 4.80. The molecule has 6 rings (SSSR count). The molecule has 0 heterocycles. The van der Waals surface area contributed by atoms with E-state index in [-0.39, 0.29) is 0 Å². The largest absolute Gasteiger partial charge is 0.356 e. The first kappa shape index (κ1) is 19.1. The Bertz CT molecular complexity index is 1580. The highest BCUT2D eigenvalue weighted by atomic mass is 79.9. The second-order valence-electron chi connectivity index (χ2n) is 8.06. The van der Waals surface area contributed by atoms with Crippen molar-refractivity contribution < 1.29 is 0 Å². The van der Waals surface area contributed by atoms with Gasteiger partial charge in [0.25, 0.3) is 0 Å². The van der Waals surface area contributed by atoms with E-state index in [0.29, 0.717) is 0 Å². The summed E-state index contributed by atoms with van der Waals surface area (Å²) < 4.78 is 1.08. The van der Waals surface area contributed by atoms with Crippen LogP contribution in [0.1, 0.15) is 0 Å². The van der Waals surface area contributed by atoms with Gasteiger partial charge in [0.1, 0.15) is 0 Å².